The van der Waals surface area contributed by atoms with E-state index in [1.807, 2.05) is 91.9 Å². The Hall–Kier alpha value is -4.84. The van der Waals surface area contributed by atoms with Crippen LogP contribution in [0.4, 0.5) is 17.1 Å². The summed E-state index contributed by atoms with van der Waals surface area (Å²) in [5.41, 5.74) is 12.1. The van der Waals surface area contributed by atoms with Crippen molar-refractivity contribution >= 4 is 38.9 Å². The van der Waals surface area contributed by atoms with Crippen molar-refractivity contribution in [3.63, 3.8) is 0 Å². The highest BCUT2D eigenvalue weighted by Gasteiger charge is 2.08. The summed E-state index contributed by atoms with van der Waals surface area (Å²) in [6.07, 6.45) is 0. The van der Waals surface area contributed by atoms with E-state index in [0.717, 1.165) is 61.6 Å². The van der Waals surface area contributed by atoms with Crippen LogP contribution >= 0.6 is 0 Å². The third-order valence-corrected chi connectivity index (χ3v) is 5.99. The predicted octanol–water partition coefficient (Wildman–Crippen LogP) is 7.00. The molecule has 3 N–H and O–H groups in total. The lowest BCUT2D eigenvalue weighted by molar-refractivity contribution is 0.488. The van der Waals surface area contributed by atoms with Gasteiger partial charge in [-0.15, -0.1) is 10.2 Å². The van der Waals surface area contributed by atoms with Crippen molar-refractivity contribution in [3.8, 4) is 17.2 Å². The van der Waals surface area contributed by atoms with Crippen LogP contribution in [0.3, 0.4) is 0 Å². The van der Waals surface area contributed by atoms with Crippen LogP contribution in [-0.2, 0) is 0 Å². The number of anilines is 3. The molecule has 5 aromatic carbocycles. The summed E-state index contributed by atoms with van der Waals surface area (Å²) in [4.78, 5) is 1.63. The van der Waals surface area contributed by atoms with Gasteiger partial charge in [-0.3, -0.25) is 0 Å². The van der Waals surface area contributed by atoms with Gasteiger partial charge in [0.1, 0.15) is 22.5 Å². The topological polar surface area (TPSA) is 78.0 Å². The Labute approximate surface area is 202 Å². The molecule has 0 fully saturated rings. The molecule has 0 unspecified atom stereocenters. The first-order valence-corrected chi connectivity index (χ1v) is 11.4. The first-order chi connectivity index (χ1) is 17.1. The van der Waals surface area contributed by atoms with Gasteiger partial charge < -0.3 is 15.8 Å². The lowest BCUT2D eigenvalue weighted by Crippen LogP contribution is -1.98. The summed E-state index contributed by atoms with van der Waals surface area (Å²) < 4.78 is 6.15. The molecule has 170 valence electrons. The summed E-state index contributed by atoms with van der Waals surface area (Å²) >= 11 is 0. The highest BCUT2D eigenvalue weighted by atomic mass is 16.5. The van der Waals surface area contributed by atoms with E-state index in [0.29, 0.717) is 0 Å². The van der Waals surface area contributed by atoms with E-state index in [1.54, 1.807) is 4.80 Å². The third-order valence-electron chi connectivity index (χ3n) is 5.99. The number of aryl methyl sites for hydroxylation is 1. The third kappa shape index (κ3) is 4.13. The van der Waals surface area contributed by atoms with Crippen LogP contribution in [0.2, 0.25) is 0 Å². The van der Waals surface area contributed by atoms with Crippen LogP contribution < -0.4 is 15.8 Å². The molecule has 0 radical (unpaired) electrons. The minimum atomic E-state index is 0.720. The molecular formula is C29H23N5O. The first kappa shape index (κ1) is 20.7. The van der Waals surface area contributed by atoms with Crippen LogP contribution in [0, 0.1) is 6.92 Å². The van der Waals surface area contributed by atoms with E-state index < -0.39 is 0 Å². The number of nitrogens with one attached hydrogen (secondary N) is 1. The first-order valence-electron chi connectivity index (χ1n) is 11.4. The van der Waals surface area contributed by atoms with E-state index in [1.165, 1.54) is 0 Å². The molecule has 0 aliphatic heterocycles. The van der Waals surface area contributed by atoms with Crippen molar-refractivity contribution < 1.29 is 4.74 Å². The summed E-state index contributed by atoms with van der Waals surface area (Å²) in [5, 5.41) is 14.8. The largest absolute Gasteiger partial charge is 0.457 e. The fourth-order valence-electron chi connectivity index (χ4n) is 4.06. The highest BCUT2D eigenvalue weighted by molar-refractivity contribution is 5.88. The van der Waals surface area contributed by atoms with Crippen molar-refractivity contribution in [2.45, 2.75) is 6.92 Å². The van der Waals surface area contributed by atoms with Gasteiger partial charge >= 0.3 is 0 Å². The molecule has 1 heterocycles. The zero-order valence-electron chi connectivity index (χ0n) is 19.1. The molecule has 35 heavy (non-hydrogen) atoms. The van der Waals surface area contributed by atoms with Crippen LogP contribution in [0.1, 0.15) is 5.56 Å². The second-order valence-electron chi connectivity index (χ2n) is 8.46. The van der Waals surface area contributed by atoms with Crippen LogP contribution in [-0.4, -0.2) is 15.0 Å². The minimum Gasteiger partial charge on any atom is -0.457 e. The van der Waals surface area contributed by atoms with Gasteiger partial charge in [0.25, 0.3) is 0 Å². The highest BCUT2D eigenvalue weighted by Crippen LogP contribution is 2.31. The average Bonchev–Trinajstić information content (AvgIpc) is 3.29. The standard InChI is InChI=1S/C29H23N5O/c1-19-17-27-28(18-26(19)30)33-34(32-27)23-13-9-21(10-14-23)31-22-11-15-24(16-12-22)35-29-8-4-6-20-5-2-3-7-25(20)29/h2-18,31H,30H2,1H3. The van der Waals surface area contributed by atoms with Crippen molar-refractivity contribution in [2.75, 3.05) is 11.1 Å². The average molecular weight is 458 g/mol. The molecule has 0 amide bonds. The Morgan fingerprint density at radius 3 is 2.17 bits per heavy atom. The van der Waals surface area contributed by atoms with Gasteiger partial charge in [-0.05, 0) is 84.6 Å². The number of nitrogen functional groups attached to an aromatic ring is 1. The maximum atomic E-state index is 6.15. The molecular weight excluding hydrogens is 434 g/mol. The lowest BCUT2D eigenvalue weighted by Gasteiger charge is -2.11. The molecule has 6 aromatic rings. The van der Waals surface area contributed by atoms with Crippen molar-refractivity contribution in [1.82, 2.24) is 15.0 Å². The summed E-state index contributed by atoms with van der Waals surface area (Å²) in [6, 6.07) is 34.0. The summed E-state index contributed by atoms with van der Waals surface area (Å²) in [6.45, 7) is 1.97. The summed E-state index contributed by atoms with van der Waals surface area (Å²) in [5.74, 6) is 1.63. The smallest absolute Gasteiger partial charge is 0.135 e. The molecule has 6 heteroatoms. The number of benzene rings is 5. The molecule has 0 aliphatic rings. The number of rotatable bonds is 5. The number of nitrogens with two attached hydrogens (primary N) is 1. The van der Waals surface area contributed by atoms with Gasteiger partial charge in [0.15, 0.2) is 0 Å². The Balaban J connectivity index is 1.16. The zero-order chi connectivity index (χ0) is 23.8. The Morgan fingerprint density at radius 2 is 1.40 bits per heavy atom. The fraction of sp³-hybridized carbons (Fsp3) is 0.0345. The zero-order valence-corrected chi connectivity index (χ0v) is 19.1. The van der Waals surface area contributed by atoms with E-state index >= 15 is 0 Å². The van der Waals surface area contributed by atoms with Gasteiger partial charge in [-0.25, -0.2) is 0 Å². The predicted molar refractivity (Wildman–Crippen MR) is 142 cm³/mol. The molecule has 6 nitrogen and oxygen atoms in total. The monoisotopic (exact) mass is 457 g/mol. The van der Waals surface area contributed by atoms with Crippen LogP contribution in [0.15, 0.2) is 103 Å². The van der Waals surface area contributed by atoms with Gasteiger partial charge in [0.05, 0.1) is 5.69 Å². The van der Waals surface area contributed by atoms with Gasteiger partial charge in [0, 0.05) is 22.4 Å². The molecule has 6 rings (SSSR count). The van der Waals surface area contributed by atoms with E-state index in [4.69, 9.17) is 10.5 Å². The fourth-order valence-corrected chi connectivity index (χ4v) is 4.06. The molecule has 0 aliphatic carbocycles. The van der Waals surface area contributed by atoms with E-state index in [-0.39, 0.29) is 0 Å². The van der Waals surface area contributed by atoms with Crippen molar-refractivity contribution in [3.05, 3.63) is 109 Å². The Kier molecular flexibility index (Phi) is 5.04. The molecule has 0 spiro atoms. The second-order valence-corrected chi connectivity index (χ2v) is 8.46. The van der Waals surface area contributed by atoms with Crippen molar-refractivity contribution in [2.24, 2.45) is 0 Å². The molecule has 0 bridgehead atoms. The second kappa shape index (κ2) is 8.50. The van der Waals surface area contributed by atoms with E-state index in [2.05, 4.69) is 33.7 Å². The molecule has 0 saturated carbocycles. The van der Waals surface area contributed by atoms with E-state index in [9.17, 15) is 0 Å². The number of hydrogen-bond donors (Lipinski definition) is 2. The lowest BCUT2D eigenvalue weighted by atomic mass is 10.1. The normalized spacial score (nSPS) is 11.1. The Bertz CT molecular complexity index is 1610. The quantitative estimate of drug-likeness (QED) is 0.273. The van der Waals surface area contributed by atoms with Gasteiger partial charge in [-0.1, -0.05) is 36.4 Å². The SMILES string of the molecule is Cc1cc2nn(-c3ccc(Nc4ccc(Oc5cccc6ccccc56)cc4)cc3)nc2cc1N. The molecule has 1 aromatic heterocycles. The van der Waals surface area contributed by atoms with Gasteiger partial charge in [0.2, 0.25) is 0 Å². The number of ether oxygens (including phenoxy) is 1. The van der Waals surface area contributed by atoms with Crippen LogP contribution in [0.5, 0.6) is 11.5 Å². The van der Waals surface area contributed by atoms with Crippen LogP contribution in [0.25, 0.3) is 27.5 Å². The molecule has 0 atom stereocenters. The number of aromatic nitrogens is 3. The minimum absolute atomic E-state index is 0.720. The number of hydrogen-bond acceptors (Lipinski definition) is 5. The van der Waals surface area contributed by atoms with Gasteiger partial charge in [-0.2, -0.15) is 4.80 Å². The maximum Gasteiger partial charge on any atom is 0.135 e. The number of nitrogens with zero attached hydrogens (tertiary/aromatic N) is 3. The maximum absolute atomic E-state index is 6.15. The summed E-state index contributed by atoms with van der Waals surface area (Å²) in [7, 11) is 0. The van der Waals surface area contributed by atoms with Crippen molar-refractivity contribution in [1.29, 1.82) is 0 Å². The Morgan fingerprint density at radius 1 is 0.743 bits per heavy atom. The number of fused-ring (bicyclic) bond motifs is 2. The molecule has 0 saturated heterocycles.